The first kappa shape index (κ1) is 10.2. The quantitative estimate of drug-likeness (QED) is 0.734. The SMILES string of the molecule is Oc1cc(F)c(F)cc1N1CCNCC1. The van der Waals surface area contributed by atoms with Gasteiger partial charge in [0.1, 0.15) is 5.75 Å². The van der Waals surface area contributed by atoms with E-state index in [1.165, 1.54) is 0 Å². The highest BCUT2D eigenvalue weighted by Crippen LogP contribution is 2.29. The molecule has 0 atom stereocenters. The molecule has 0 saturated carbocycles. The summed E-state index contributed by atoms with van der Waals surface area (Å²) in [6, 6.07) is 1.85. The van der Waals surface area contributed by atoms with Crippen molar-refractivity contribution in [2.24, 2.45) is 0 Å². The summed E-state index contributed by atoms with van der Waals surface area (Å²) >= 11 is 0. The molecule has 1 heterocycles. The average Bonchev–Trinajstić information content (AvgIpc) is 2.25. The highest BCUT2D eigenvalue weighted by Gasteiger charge is 2.16. The molecule has 82 valence electrons. The van der Waals surface area contributed by atoms with E-state index in [2.05, 4.69) is 5.32 Å². The molecule has 1 aromatic carbocycles. The fourth-order valence-corrected chi connectivity index (χ4v) is 1.68. The van der Waals surface area contributed by atoms with Gasteiger partial charge in [0.2, 0.25) is 0 Å². The first-order chi connectivity index (χ1) is 7.18. The van der Waals surface area contributed by atoms with Crippen LogP contribution in [0.4, 0.5) is 14.5 Å². The van der Waals surface area contributed by atoms with Crippen molar-refractivity contribution in [3.8, 4) is 5.75 Å². The Balaban J connectivity index is 2.30. The number of nitrogens with one attached hydrogen (secondary N) is 1. The molecule has 1 aliphatic heterocycles. The number of nitrogens with zero attached hydrogens (tertiary/aromatic N) is 1. The molecule has 0 aromatic heterocycles. The van der Waals surface area contributed by atoms with Gasteiger partial charge in [-0.25, -0.2) is 8.78 Å². The average molecular weight is 214 g/mol. The molecular formula is C10H12F2N2O. The maximum absolute atomic E-state index is 13.0. The van der Waals surface area contributed by atoms with Crippen LogP contribution in [0.5, 0.6) is 5.75 Å². The van der Waals surface area contributed by atoms with E-state index in [4.69, 9.17) is 0 Å². The molecule has 2 rings (SSSR count). The zero-order valence-electron chi connectivity index (χ0n) is 8.13. The van der Waals surface area contributed by atoms with Gasteiger partial charge < -0.3 is 15.3 Å². The summed E-state index contributed by atoms with van der Waals surface area (Å²) in [6.07, 6.45) is 0. The van der Waals surface area contributed by atoms with Gasteiger partial charge in [-0.05, 0) is 0 Å². The number of halogens is 2. The molecule has 0 bridgehead atoms. The maximum atomic E-state index is 13.0. The number of phenols is 1. The van der Waals surface area contributed by atoms with E-state index in [1.54, 1.807) is 0 Å². The number of benzene rings is 1. The predicted octanol–water partition coefficient (Wildman–Crippen LogP) is 1.08. The van der Waals surface area contributed by atoms with Crippen LogP contribution < -0.4 is 10.2 Å². The van der Waals surface area contributed by atoms with Crippen molar-refractivity contribution in [1.82, 2.24) is 5.32 Å². The topological polar surface area (TPSA) is 35.5 Å². The zero-order chi connectivity index (χ0) is 10.8. The van der Waals surface area contributed by atoms with Gasteiger partial charge in [0.05, 0.1) is 5.69 Å². The number of hydrogen-bond donors (Lipinski definition) is 2. The van der Waals surface area contributed by atoms with E-state index in [-0.39, 0.29) is 5.75 Å². The van der Waals surface area contributed by atoms with Crippen molar-refractivity contribution in [3.63, 3.8) is 0 Å². The number of phenolic OH excluding ortho intramolecular Hbond substituents is 1. The molecule has 0 radical (unpaired) electrons. The number of hydrogen-bond acceptors (Lipinski definition) is 3. The van der Waals surface area contributed by atoms with E-state index in [0.717, 1.165) is 25.2 Å². The Morgan fingerprint density at radius 3 is 2.40 bits per heavy atom. The van der Waals surface area contributed by atoms with Crippen molar-refractivity contribution in [2.75, 3.05) is 31.1 Å². The monoisotopic (exact) mass is 214 g/mol. The lowest BCUT2D eigenvalue weighted by Crippen LogP contribution is -2.43. The van der Waals surface area contributed by atoms with Crippen molar-refractivity contribution in [1.29, 1.82) is 0 Å². The number of rotatable bonds is 1. The van der Waals surface area contributed by atoms with E-state index < -0.39 is 11.6 Å². The Morgan fingerprint density at radius 2 is 1.73 bits per heavy atom. The maximum Gasteiger partial charge on any atom is 0.162 e. The van der Waals surface area contributed by atoms with Crippen LogP contribution in [0.2, 0.25) is 0 Å². The van der Waals surface area contributed by atoms with Crippen LogP contribution in [-0.2, 0) is 0 Å². The molecule has 1 saturated heterocycles. The van der Waals surface area contributed by atoms with Crippen LogP contribution >= 0.6 is 0 Å². The third-order valence-corrected chi connectivity index (χ3v) is 2.48. The van der Waals surface area contributed by atoms with Crippen molar-refractivity contribution >= 4 is 5.69 Å². The van der Waals surface area contributed by atoms with Gasteiger partial charge in [0.15, 0.2) is 11.6 Å². The number of piperazine rings is 1. The lowest BCUT2D eigenvalue weighted by molar-refractivity contribution is 0.451. The second-order valence-electron chi connectivity index (χ2n) is 3.49. The molecule has 5 heteroatoms. The summed E-state index contributed by atoms with van der Waals surface area (Å²) in [5, 5.41) is 12.6. The summed E-state index contributed by atoms with van der Waals surface area (Å²) < 4.78 is 25.7. The lowest BCUT2D eigenvalue weighted by Gasteiger charge is -2.29. The second-order valence-corrected chi connectivity index (χ2v) is 3.49. The summed E-state index contributed by atoms with van der Waals surface area (Å²) in [7, 11) is 0. The minimum Gasteiger partial charge on any atom is -0.506 e. The van der Waals surface area contributed by atoms with Gasteiger partial charge >= 0.3 is 0 Å². The minimum atomic E-state index is -1.02. The molecule has 1 fully saturated rings. The van der Waals surface area contributed by atoms with Gasteiger partial charge in [0, 0.05) is 38.3 Å². The van der Waals surface area contributed by atoms with Crippen LogP contribution in [0.1, 0.15) is 0 Å². The molecule has 0 spiro atoms. The van der Waals surface area contributed by atoms with E-state index in [1.807, 2.05) is 4.90 Å². The Labute approximate surface area is 86.3 Å². The second kappa shape index (κ2) is 4.02. The molecule has 3 nitrogen and oxygen atoms in total. The van der Waals surface area contributed by atoms with Gasteiger partial charge in [-0.2, -0.15) is 0 Å². The molecule has 0 amide bonds. The highest BCUT2D eigenvalue weighted by atomic mass is 19.2. The van der Waals surface area contributed by atoms with Crippen LogP contribution in [0.3, 0.4) is 0 Å². The van der Waals surface area contributed by atoms with E-state index in [0.29, 0.717) is 18.8 Å². The number of anilines is 1. The Kier molecular flexibility index (Phi) is 2.73. The molecular weight excluding hydrogens is 202 g/mol. The molecule has 1 aromatic rings. The van der Waals surface area contributed by atoms with E-state index in [9.17, 15) is 13.9 Å². The van der Waals surface area contributed by atoms with Gasteiger partial charge in [-0.3, -0.25) is 0 Å². The van der Waals surface area contributed by atoms with Gasteiger partial charge in [0.25, 0.3) is 0 Å². The third-order valence-electron chi connectivity index (χ3n) is 2.48. The fourth-order valence-electron chi connectivity index (χ4n) is 1.68. The smallest absolute Gasteiger partial charge is 0.162 e. The summed E-state index contributed by atoms with van der Waals surface area (Å²) in [6.45, 7) is 2.91. The minimum absolute atomic E-state index is 0.212. The van der Waals surface area contributed by atoms with Crippen LogP contribution in [0.15, 0.2) is 12.1 Å². The Morgan fingerprint density at radius 1 is 1.13 bits per heavy atom. The van der Waals surface area contributed by atoms with Crippen LogP contribution in [-0.4, -0.2) is 31.3 Å². The largest absolute Gasteiger partial charge is 0.506 e. The molecule has 0 aliphatic carbocycles. The third kappa shape index (κ3) is 2.02. The summed E-state index contributed by atoms with van der Waals surface area (Å²) in [5.74, 6) is -2.16. The summed E-state index contributed by atoms with van der Waals surface area (Å²) in [4.78, 5) is 1.83. The standard InChI is InChI=1S/C10H12F2N2O/c11-7-5-9(10(15)6-8(7)12)14-3-1-13-2-4-14/h5-6,13,15H,1-4H2. The first-order valence-electron chi connectivity index (χ1n) is 4.82. The molecule has 2 N–H and O–H groups in total. The lowest BCUT2D eigenvalue weighted by atomic mass is 10.2. The molecule has 15 heavy (non-hydrogen) atoms. The molecule has 1 aliphatic rings. The highest BCUT2D eigenvalue weighted by molar-refractivity contribution is 5.58. The van der Waals surface area contributed by atoms with Gasteiger partial charge in [-0.15, -0.1) is 0 Å². The normalized spacial score (nSPS) is 16.8. The van der Waals surface area contributed by atoms with Crippen molar-refractivity contribution in [3.05, 3.63) is 23.8 Å². The van der Waals surface area contributed by atoms with Crippen LogP contribution in [0.25, 0.3) is 0 Å². The van der Waals surface area contributed by atoms with Gasteiger partial charge in [-0.1, -0.05) is 0 Å². The fraction of sp³-hybridized carbons (Fsp3) is 0.400. The van der Waals surface area contributed by atoms with Crippen LogP contribution in [0, 0.1) is 11.6 Å². The predicted molar refractivity (Wildman–Crippen MR) is 53.1 cm³/mol. The van der Waals surface area contributed by atoms with Crippen molar-refractivity contribution < 1.29 is 13.9 Å². The summed E-state index contributed by atoms with van der Waals surface area (Å²) in [5.41, 5.74) is 0.357. The first-order valence-corrected chi connectivity index (χ1v) is 4.82. The Bertz CT molecular complexity index is 365. The Hall–Kier alpha value is -1.36. The van der Waals surface area contributed by atoms with Crippen molar-refractivity contribution in [2.45, 2.75) is 0 Å². The zero-order valence-corrected chi connectivity index (χ0v) is 8.13. The number of aromatic hydroxyl groups is 1. The van der Waals surface area contributed by atoms with E-state index >= 15 is 0 Å². The molecule has 0 unspecified atom stereocenters.